The van der Waals surface area contributed by atoms with E-state index in [1.807, 2.05) is 19.1 Å². The summed E-state index contributed by atoms with van der Waals surface area (Å²) >= 11 is 0. The Balaban J connectivity index is 2.27. The summed E-state index contributed by atoms with van der Waals surface area (Å²) in [5.41, 5.74) is 7.95. The van der Waals surface area contributed by atoms with Crippen LogP contribution in [0.5, 0.6) is 0 Å². The molecule has 5 heteroatoms. The minimum Gasteiger partial charge on any atom is -0.367 e. The van der Waals surface area contributed by atoms with Gasteiger partial charge in [-0.3, -0.25) is 0 Å². The van der Waals surface area contributed by atoms with Crippen LogP contribution in [0.25, 0.3) is 0 Å². The maximum atomic E-state index is 11.6. The van der Waals surface area contributed by atoms with Gasteiger partial charge in [-0.1, -0.05) is 18.2 Å². The van der Waals surface area contributed by atoms with Crippen LogP contribution in [0.3, 0.4) is 0 Å². The summed E-state index contributed by atoms with van der Waals surface area (Å²) < 4.78 is 23.2. The maximum Gasteiger partial charge on any atom is 0.154 e. The van der Waals surface area contributed by atoms with Gasteiger partial charge in [0.25, 0.3) is 0 Å². The molecule has 1 aromatic rings. The van der Waals surface area contributed by atoms with Crippen molar-refractivity contribution < 1.29 is 8.42 Å². The number of anilines is 1. The number of para-hydroxylation sites is 1. The molecule has 1 atom stereocenters. The average molecular weight is 268 g/mol. The van der Waals surface area contributed by atoms with Gasteiger partial charge >= 0.3 is 0 Å². The Morgan fingerprint density at radius 2 is 2.11 bits per heavy atom. The van der Waals surface area contributed by atoms with Crippen LogP contribution in [0, 0.1) is 0 Å². The van der Waals surface area contributed by atoms with Gasteiger partial charge in [0, 0.05) is 18.3 Å². The molecule has 0 amide bonds. The SMILES string of the molecule is CC1CS(=O)(=O)CCN1c1ccccc1CCN. The Morgan fingerprint density at radius 1 is 1.39 bits per heavy atom. The second-order valence-electron chi connectivity index (χ2n) is 4.82. The standard InChI is InChI=1S/C13H20N2O2S/c1-11-10-18(16,17)9-8-15(11)13-5-3-2-4-12(13)6-7-14/h2-5,11H,6-10,14H2,1H3. The number of benzene rings is 1. The van der Waals surface area contributed by atoms with Crippen molar-refractivity contribution in [3.8, 4) is 0 Å². The Kier molecular flexibility index (Phi) is 3.92. The molecule has 1 saturated heterocycles. The first kappa shape index (κ1) is 13.4. The van der Waals surface area contributed by atoms with Crippen LogP contribution >= 0.6 is 0 Å². The van der Waals surface area contributed by atoms with Crippen LogP contribution in [0.4, 0.5) is 5.69 Å². The van der Waals surface area contributed by atoms with Gasteiger partial charge in [0.05, 0.1) is 11.5 Å². The van der Waals surface area contributed by atoms with Gasteiger partial charge in [-0.25, -0.2) is 8.42 Å². The zero-order chi connectivity index (χ0) is 13.2. The van der Waals surface area contributed by atoms with E-state index in [-0.39, 0.29) is 17.5 Å². The molecule has 0 radical (unpaired) electrons. The van der Waals surface area contributed by atoms with E-state index in [2.05, 4.69) is 17.0 Å². The predicted octanol–water partition coefficient (Wildman–Crippen LogP) is 0.811. The van der Waals surface area contributed by atoms with Crippen molar-refractivity contribution in [1.29, 1.82) is 0 Å². The highest BCUT2D eigenvalue weighted by Crippen LogP contribution is 2.25. The van der Waals surface area contributed by atoms with Gasteiger partial charge in [-0.15, -0.1) is 0 Å². The van der Waals surface area contributed by atoms with Gasteiger partial charge in [0.1, 0.15) is 0 Å². The Hall–Kier alpha value is -1.07. The number of nitrogens with two attached hydrogens (primary N) is 1. The molecule has 18 heavy (non-hydrogen) atoms. The molecule has 100 valence electrons. The van der Waals surface area contributed by atoms with E-state index in [1.54, 1.807) is 0 Å². The molecule has 0 aromatic heterocycles. The predicted molar refractivity (Wildman–Crippen MR) is 74.7 cm³/mol. The summed E-state index contributed by atoms with van der Waals surface area (Å²) in [7, 11) is -2.86. The van der Waals surface area contributed by atoms with E-state index < -0.39 is 9.84 Å². The largest absolute Gasteiger partial charge is 0.367 e. The van der Waals surface area contributed by atoms with Crippen LogP contribution < -0.4 is 10.6 Å². The van der Waals surface area contributed by atoms with E-state index >= 15 is 0 Å². The van der Waals surface area contributed by atoms with Crippen LogP contribution in [0.1, 0.15) is 12.5 Å². The number of hydrogen-bond donors (Lipinski definition) is 1. The molecule has 2 rings (SSSR count). The maximum absolute atomic E-state index is 11.6. The van der Waals surface area contributed by atoms with Crippen LogP contribution in [-0.2, 0) is 16.3 Å². The molecule has 1 unspecified atom stereocenters. The van der Waals surface area contributed by atoms with Crippen molar-refractivity contribution in [2.75, 3.05) is 29.5 Å². The Bertz CT molecular complexity index is 513. The number of sulfone groups is 1. The van der Waals surface area contributed by atoms with Gasteiger partial charge in [0.2, 0.25) is 0 Å². The van der Waals surface area contributed by atoms with Gasteiger partial charge in [-0.05, 0) is 31.5 Å². The zero-order valence-corrected chi connectivity index (χ0v) is 11.5. The van der Waals surface area contributed by atoms with Crippen molar-refractivity contribution in [3.63, 3.8) is 0 Å². The molecule has 1 aliphatic heterocycles. The lowest BCUT2D eigenvalue weighted by Crippen LogP contribution is -2.47. The topological polar surface area (TPSA) is 63.4 Å². The summed E-state index contributed by atoms with van der Waals surface area (Å²) in [5.74, 6) is 0.484. The highest BCUT2D eigenvalue weighted by Gasteiger charge is 2.28. The molecule has 0 aliphatic carbocycles. The van der Waals surface area contributed by atoms with Crippen LogP contribution in [-0.4, -0.2) is 39.1 Å². The molecule has 0 bridgehead atoms. The summed E-state index contributed by atoms with van der Waals surface area (Å²) in [4.78, 5) is 2.19. The van der Waals surface area contributed by atoms with Gasteiger partial charge in [-0.2, -0.15) is 0 Å². The van der Waals surface area contributed by atoms with E-state index in [9.17, 15) is 8.42 Å². The third-order valence-electron chi connectivity index (χ3n) is 3.39. The second kappa shape index (κ2) is 5.28. The minimum atomic E-state index is -2.86. The van der Waals surface area contributed by atoms with Crippen LogP contribution in [0.2, 0.25) is 0 Å². The summed E-state index contributed by atoms with van der Waals surface area (Å²) in [5, 5.41) is 0. The first-order chi connectivity index (χ1) is 8.53. The zero-order valence-electron chi connectivity index (χ0n) is 10.7. The van der Waals surface area contributed by atoms with E-state index in [0.717, 1.165) is 12.1 Å². The fourth-order valence-corrected chi connectivity index (χ4v) is 4.07. The molecule has 2 N–H and O–H groups in total. The van der Waals surface area contributed by atoms with Crippen molar-refractivity contribution in [3.05, 3.63) is 29.8 Å². The molecule has 1 aromatic carbocycles. The molecule has 1 aliphatic rings. The summed E-state index contributed by atoms with van der Waals surface area (Å²) in [6, 6.07) is 8.14. The van der Waals surface area contributed by atoms with Crippen molar-refractivity contribution in [2.24, 2.45) is 5.73 Å². The Morgan fingerprint density at radius 3 is 2.78 bits per heavy atom. The monoisotopic (exact) mass is 268 g/mol. The van der Waals surface area contributed by atoms with Gasteiger partial charge < -0.3 is 10.6 Å². The quantitative estimate of drug-likeness (QED) is 0.881. The number of hydrogen-bond acceptors (Lipinski definition) is 4. The van der Waals surface area contributed by atoms with E-state index in [1.165, 1.54) is 5.56 Å². The number of rotatable bonds is 3. The summed E-state index contributed by atoms with van der Waals surface area (Å²) in [6.07, 6.45) is 0.826. The highest BCUT2D eigenvalue weighted by atomic mass is 32.2. The molecular formula is C13H20N2O2S. The normalized spacial score (nSPS) is 23.0. The van der Waals surface area contributed by atoms with E-state index in [0.29, 0.717) is 13.1 Å². The third kappa shape index (κ3) is 2.84. The molecule has 0 saturated carbocycles. The van der Waals surface area contributed by atoms with Crippen molar-refractivity contribution >= 4 is 15.5 Å². The molecule has 0 spiro atoms. The van der Waals surface area contributed by atoms with E-state index in [4.69, 9.17) is 5.73 Å². The summed E-state index contributed by atoms with van der Waals surface area (Å²) in [6.45, 7) is 3.15. The molecule has 4 nitrogen and oxygen atoms in total. The smallest absolute Gasteiger partial charge is 0.154 e. The lowest BCUT2D eigenvalue weighted by atomic mass is 10.1. The third-order valence-corrected chi connectivity index (χ3v) is 5.18. The Labute approximate surface area is 109 Å². The van der Waals surface area contributed by atoms with Crippen molar-refractivity contribution in [1.82, 2.24) is 0 Å². The lowest BCUT2D eigenvalue weighted by Gasteiger charge is -2.36. The van der Waals surface area contributed by atoms with Crippen LogP contribution in [0.15, 0.2) is 24.3 Å². The fourth-order valence-electron chi connectivity index (χ4n) is 2.51. The molecule has 1 fully saturated rings. The van der Waals surface area contributed by atoms with Crippen molar-refractivity contribution in [2.45, 2.75) is 19.4 Å². The lowest BCUT2D eigenvalue weighted by molar-refractivity contribution is 0.568. The highest BCUT2D eigenvalue weighted by molar-refractivity contribution is 7.91. The fraction of sp³-hybridized carbons (Fsp3) is 0.538. The average Bonchev–Trinajstić information content (AvgIpc) is 2.30. The first-order valence-corrected chi connectivity index (χ1v) is 8.10. The number of nitrogens with zero attached hydrogens (tertiary/aromatic N) is 1. The minimum absolute atomic E-state index is 0.0303. The van der Waals surface area contributed by atoms with Gasteiger partial charge in [0.15, 0.2) is 9.84 Å². The molecular weight excluding hydrogens is 248 g/mol. The second-order valence-corrected chi connectivity index (χ2v) is 7.05. The first-order valence-electron chi connectivity index (χ1n) is 6.28. The molecule has 1 heterocycles.